The van der Waals surface area contributed by atoms with E-state index in [2.05, 4.69) is 15.1 Å². The smallest absolute Gasteiger partial charge is 0.298 e. The van der Waals surface area contributed by atoms with E-state index in [1.807, 2.05) is 49.5 Å². The van der Waals surface area contributed by atoms with Gasteiger partial charge in [0.1, 0.15) is 0 Å². The fourth-order valence-electron chi connectivity index (χ4n) is 2.63. The van der Waals surface area contributed by atoms with Crippen LogP contribution in [0.5, 0.6) is 0 Å². The number of hydrogen-bond donors (Lipinski definition) is 0. The van der Waals surface area contributed by atoms with Gasteiger partial charge < -0.3 is 9.77 Å². The maximum Gasteiger partial charge on any atom is 0.298 e. The molecule has 0 spiro atoms. The SMILES string of the molecule is Cn1c(N=[N+]([O-])c2ccccc2)nc2ncc(-c3ccccc3)cc21. The van der Waals surface area contributed by atoms with Crippen LogP contribution in [0, 0.1) is 5.21 Å². The zero-order chi connectivity index (χ0) is 17.2. The Morgan fingerprint density at radius 3 is 2.36 bits per heavy atom. The lowest BCUT2D eigenvalue weighted by Crippen LogP contribution is -1.93. The summed E-state index contributed by atoms with van der Waals surface area (Å²) in [7, 11) is 1.82. The van der Waals surface area contributed by atoms with Gasteiger partial charge >= 0.3 is 0 Å². The van der Waals surface area contributed by atoms with Crippen LogP contribution >= 0.6 is 0 Å². The number of azo groups is 1. The largest absolute Gasteiger partial charge is 0.594 e. The van der Waals surface area contributed by atoms with E-state index in [1.54, 1.807) is 35.0 Å². The van der Waals surface area contributed by atoms with Crippen LogP contribution in [0.3, 0.4) is 0 Å². The van der Waals surface area contributed by atoms with Crippen molar-refractivity contribution in [3.05, 3.63) is 78.1 Å². The maximum atomic E-state index is 12.2. The van der Waals surface area contributed by atoms with Crippen LogP contribution in [-0.4, -0.2) is 19.4 Å². The molecule has 0 unspecified atom stereocenters. The summed E-state index contributed by atoms with van der Waals surface area (Å²) in [6.07, 6.45) is 1.78. The van der Waals surface area contributed by atoms with Crippen molar-refractivity contribution in [1.82, 2.24) is 14.5 Å². The minimum atomic E-state index is 0.312. The Kier molecular flexibility index (Phi) is 3.70. The second kappa shape index (κ2) is 6.16. The number of fused-ring (bicyclic) bond motifs is 1. The number of hydrogen-bond acceptors (Lipinski definition) is 4. The normalized spacial score (nSPS) is 11.8. The molecule has 122 valence electrons. The number of pyridine rings is 1. The summed E-state index contributed by atoms with van der Waals surface area (Å²) in [6.45, 7) is 0. The lowest BCUT2D eigenvalue weighted by Gasteiger charge is -2.02. The van der Waals surface area contributed by atoms with Gasteiger partial charge in [0.25, 0.3) is 5.95 Å². The molecule has 25 heavy (non-hydrogen) atoms. The number of rotatable bonds is 3. The Morgan fingerprint density at radius 1 is 0.960 bits per heavy atom. The van der Waals surface area contributed by atoms with Gasteiger partial charge in [0, 0.05) is 30.9 Å². The first-order valence-electron chi connectivity index (χ1n) is 7.84. The standard InChI is InChI=1S/C19H15N5O/c1-23-17-12-15(14-8-4-2-5-9-14)13-20-18(17)21-19(23)22-24(25)16-10-6-3-7-11-16/h2-13H,1H3. The molecule has 0 radical (unpaired) electrons. The topological polar surface area (TPSA) is 69.1 Å². The molecule has 4 aromatic rings. The highest BCUT2D eigenvalue weighted by Gasteiger charge is 2.13. The Bertz CT molecular complexity index is 1060. The van der Waals surface area contributed by atoms with Crippen LogP contribution in [0.2, 0.25) is 0 Å². The highest BCUT2D eigenvalue weighted by atomic mass is 16.5. The molecular formula is C19H15N5O. The molecule has 6 heteroatoms. The first kappa shape index (κ1) is 15.0. The number of nitrogens with zero attached hydrogens (tertiary/aromatic N) is 5. The van der Waals surface area contributed by atoms with Crippen LogP contribution in [-0.2, 0) is 7.05 Å². The highest BCUT2D eigenvalue weighted by molar-refractivity contribution is 5.80. The van der Waals surface area contributed by atoms with E-state index in [4.69, 9.17) is 0 Å². The van der Waals surface area contributed by atoms with Crippen molar-refractivity contribution >= 4 is 22.8 Å². The Balaban J connectivity index is 1.78. The molecule has 0 fully saturated rings. The Labute approximate surface area is 144 Å². The van der Waals surface area contributed by atoms with Crippen LogP contribution in [0.1, 0.15) is 0 Å². The zero-order valence-corrected chi connectivity index (χ0v) is 13.6. The van der Waals surface area contributed by atoms with Crippen molar-refractivity contribution in [1.29, 1.82) is 0 Å². The molecule has 4 rings (SSSR count). The number of imidazole rings is 1. The van der Waals surface area contributed by atoms with E-state index in [9.17, 15) is 5.21 Å². The van der Waals surface area contributed by atoms with E-state index in [-0.39, 0.29) is 0 Å². The van der Waals surface area contributed by atoms with E-state index in [0.717, 1.165) is 16.6 Å². The van der Waals surface area contributed by atoms with E-state index in [0.29, 0.717) is 22.1 Å². The van der Waals surface area contributed by atoms with Crippen molar-refractivity contribution in [2.75, 3.05) is 0 Å². The third-order valence-corrected chi connectivity index (χ3v) is 3.98. The Hall–Kier alpha value is -3.54. The summed E-state index contributed by atoms with van der Waals surface area (Å²) in [6, 6.07) is 20.8. The minimum Gasteiger partial charge on any atom is -0.594 e. The highest BCUT2D eigenvalue weighted by Crippen LogP contribution is 2.25. The number of aryl methyl sites for hydroxylation is 1. The minimum absolute atomic E-state index is 0.312. The van der Waals surface area contributed by atoms with Crippen LogP contribution < -0.4 is 0 Å². The first-order valence-corrected chi connectivity index (χ1v) is 7.84. The van der Waals surface area contributed by atoms with Gasteiger partial charge in [0.05, 0.1) is 10.6 Å². The molecule has 2 aromatic heterocycles. The van der Waals surface area contributed by atoms with Gasteiger partial charge in [0.2, 0.25) is 5.69 Å². The van der Waals surface area contributed by atoms with Gasteiger partial charge in [-0.05, 0) is 16.5 Å². The fraction of sp³-hybridized carbons (Fsp3) is 0.0526. The molecule has 0 aliphatic rings. The summed E-state index contributed by atoms with van der Waals surface area (Å²) >= 11 is 0. The second-order valence-corrected chi connectivity index (χ2v) is 5.61. The Morgan fingerprint density at radius 2 is 1.64 bits per heavy atom. The van der Waals surface area contributed by atoms with Crippen molar-refractivity contribution in [2.24, 2.45) is 12.2 Å². The predicted molar refractivity (Wildman–Crippen MR) is 95.8 cm³/mol. The van der Waals surface area contributed by atoms with Gasteiger partial charge in [0.15, 0.2) is 5.65 Å². The van der Waals surface area contributed by atoms with Crippen molar-refractivity contribution in [3.63, 3.8) is 0 Å². The van der Waals surface area contributed by atoms with Crippen molar-refractivity contribution in [3.8, 4) is 11.1 Å². The summed E-state index contributed by atoms with van der Waals surface area (Å²) in [4.78, 5) is 9.33. The van der Waals surface area contributed by atoms with Crippen LogP contribution in [0.25, 0.3) is 22.3 Å². The second-order valence-electron chi connectivity index (χ2n) is 5.61. The molecule has 0 aliphatic carbocycles. The molecule has 0 aliphatic heterocycles. The molecule has 2 heterocycles. The number of para-hydroxylation sites is 1. The van der Waals surface area contributed by atoms with E-state index >= 15 is 0 Å². The number of benzene rings is 2. The monoisotopic (exact) mass is 329 g/mol. The third kappa shape index (κ3) is 2.85. The molecule has 0 atom stereocenters. The molecular weight excluding hydrogens is 314 g/mol. The summed E-state index contributed by atoms with van der Waals surface area (Å²) in [5, 5.41) is 16.3. The van der Waals surface area contributed by atoms with Crippen molar-refractivity contribution < 1.29 is 4.86 Å². The summed E-state index contributed by atoms with van der Waals surface area (Å²) in [5.74, 6) is 0.312. The summed E-state index contributed by atoms with van der Waals surface area (Å²) < 4.78 is 1.77. The first-order chi connectivity index (χ1) is 12.2. The zero-order valence-electron chi connectivity index (χ0n) is 13.6. The van der Waals surface area contributed by atoms with Crippen molar-refractivity contribution in [2.45, 2.75) is 0 Å². The number of aromatic nitrogens is 3. The average molecular weight is 329 g/mol. The van der Waals surface area contributed by atoms with Gasteiger partial charge in [-0.2, -0.15) is 4.98 Å². The molecule has 0 amide bonds. The van der Waals surface area contributed by atoms with E-state index in [1.165, 1.54) is 0 Å². The van der Waals surface area contributed by atoms with Gasteiger partial charge in [-0.1, -0.05) is 48.5 Å². The lowest BCUT2D eigenvalue weighted by atomic mass is 10.1. The van der Waals surface area contributed by atoms with Crippen LogP contribution in [0.15, 0.2) is 78.0 Å². The lowest BCUT2D eigenvalue weighted by molar-refractivity contribution is -0.436. The average Bonchev–Trinajstić information content (AvgIpc) is 2.98. The molecule has 0 bridgehead atoms. The molecule has 2 aromatic carbocycles. The molecule has 0 saturated carbocycles. The van der Waals surface area contributed by atoms with E-state index < -0.39 is 0 Å². The maximum absolute atomic E-state index is 12.2. The van der Waals surface area contributed by atoms with Crippen LogP contribution in [0.4, 0.5) is 11.6 Å². The summed E-state index contributed by atoms with van der Waals surface area (Å²) in [5.41, 5.74) is 3.90. The quantitative estimate of drug-likeness (QED) is 0.314. The molecule has 0 N–H and O–H groups in total. The van der Waals surface area contributed by atoms with Gasteiger partial charge in [-0.25, -0.2) is 4.98 Å². The predicted octanol–water partition coefficient (Wildman–Crippen LogP) is 4.56. The third-order valence-electron chi connectivity index (χ3n) is 3.98. The molecule has 6 nitrogen and oxygen atoms in total. The van der Waals surface area contributed by atoms with Gasteiger partial charge in [-0.3, -0.25) is 0 Å². The fourth-order valence-corrected chi connectivity index (χ4v) is 2.63. The van der Waals surface area contributed by atoms with Gasteiger partial charge in [-0.15, -0.1) is 0 Å². The molecule has 0 saturated heterocycles.